The normalized spacial score (nSPS) is 15.5. The largest absolute Gasteiger partial charge is 0.327 e. The molecule has 1 atom stereocenters. The van der Waals surface area contributed by atoms with Gasteiger partial charge in [0, 0.05) is 50.2 Å². The number of aromatic nitrogens is 6. The van der Waals surface area contributed by atoms with Crippen LogP contribution in [0.15, 0.2) is 48.9 Å². The summed E-state index contributed by atoms with van der Waals surface area (Å²) in [5.41, 5.74) is 2.59. The average Bonchev–Trinajstić information content (AvgIpc) is 3.44. The molecule has 1 aliphatic heterocycles. The minimum absolute atomic E-state index is 0.0572. The standard InChI is InChI=1S/C24H24F2N8O/c1-14-10-27-24(30-19-7-8-28-32(19)3)31-20(14)18-13-33-11-15(2)34(23(35)22(33)29-18)12-16-5-4-6-17(9-16)21(25)26/h4-10,13,15,21H,11-12H2,1-3H3,(H,27,30,31). The van der Waals surface area contributed by atoms with Crippen LogP contribution >= 0.6 is 0 Å². The average molecular weight is 479 g/mol. The molecule has 1 amide bonds. The van der Waals surface area contributed by atoms with E-state index in [4.69, 9.17) is 0 Å². The van der Waals surface area contributed by atoms with Crippen molar-refractivity contribution in [2.24, 2.45) is 7.05 Å². The zero-order chi connectivity index (χ0) is 24.7. The Balaban J connectivity index is 1.42. The Hall–Kier alpha value is -4.15. The van der Waals surface area contributed by atoms with Crippen LogP contribution in [0.3, 0.4) is 0 Å². The van der Waals surface area contributed by atoms with Gasteiger partial charge in [-0.15, -0.1) is 0 Å². The number of halogens is 2. The second-order valence-electron chi connectivity index (χ2n) is 8.62. The summed E-state index contributed by atoms with van der Waals surface area (Å²) in [6.07, 6.45) is 2.64. The number of amides is 1. The Morgan fingerprint density at radius 2 is 2.06 bits per heavy atom. The van der Waals surface area contributed by atoms with Crippen molar-refractivity contribution in [2.75, 3.05) is 5.32 Å². The van der Waals surface area contributed by atoms with Gasteiger partial charge in [0.15, 0.2) is 5.82 Å². The summed E-state index contributed by atoms with van der Waals surface area (Å²) in [4.78, 5) is 28.6. The highest BCUT2D eigenvalue weighted by molar-refractivity contribution is 5.92. The lowest BCUT2D eigenvalue weighted by atomic mass is 10.1. The van der Waals surface area contributed by atoms with E-state index in [2.05, 4.69) is 25.4 Å². The number of hydrogen-bond donors (Lipinski definition) is 1. The summed E-state index contributed by atoms with van der Waals surface area (Å²) < 4.78 is 29.7. The third kappa shape index (κ3) is 4.36. The predicted octanol–water partition coefficient (Wildman–Crippen LogP) is 4.11. The van der Waals surface area contributed by atoms with E-state index in [9.17, 15) is 13.6 Å². The number of alkyl halides is 2. The number of imidazole rings is 1. The van der Waals surface area contributed by atoms with Crippen LogP contribution in [0.5, 0.6) is 0 Å². The maximum absolute atomic E-state index is 13.3. The van der Waals surface area contributed by atoms with Gasteiger partial charge in [-0.05, 0) is 31.0 Å². The van der Waals surface area contributed by atoms with E-state index in [0.717, 1.165) is 11.4 Å². The summed E-state index contributed by atoms with van der Waals surface area (Å²) in [6, 6.07) is 7.84. The van der Waals surface area contributed by atoms with Crippen LogP contribution in [0.2, 0.25) is 0 Å². The highest BCUT2D eigenvalue weighted by Crippen LogP contribution is 2.27. The molecule has 9 nitrogen and oxygen atoms in total. The fraction of sp³-hybridized carbons (Fsp3) is 0.292. The van der Waals surface area contributed by atoms with Crippen molar-refractivity contribution in [3.8, 4) is 11.4 Å². The van der Waals surface area contributed by atoms with Crippen LogP contribution < -0.4 is 5.32 Å². The summed E-state index contributed by atoms with van der Waals surface area (Å²) >= 11 is 0. The van der Waals surface area contributed by atoms with Gasteiger partial charge in [0.05, 0.1) is 11.9 Å². The van der Waals surface area contributed by atoms with Crippen molar-refractivity contribution in [1.29, 1.82) is 0 Å². The van der Waals surface area contributed by atoms with Gasteiger partial charge in [-0.25, -0.2) is 23.7 Å². The molecule has 4 aromatic rings. The topological polar surface area (TPSA) is 93.8 Å². The van der Waals surface area contributed by atoms with Gasteiger partial charge in [0.25, 0.3) is 12.3 Å². The van der Waals surface area contributed by atoms with E-state index in [1.807, 2.05) is 37.7 Å². The maximum atomic E-state index is 13.3. The lowest BCUT2D eigenvalue weighted by Crippen LogP contribution is -2.46. The van der Waals surface area contributed by atoms with Crippen molar-refractivity contribution < 1.29 is 13.6 Å². The third-order valence-corrected chi connectivity index (χ3v) is 6.05. The number of benzene rings is 1. The summed E-state index contributed by atoms with van der Waals surface area (Å²) in [5, 5.41) is 7.25. The number of nitrogens with zero attached hydrogens (tertiary/aromatic N) is 7. The summed E-state index contributed by atoms with van der Waals surface area (Å²) in [7, 11) is 1.81. The van der Waals surface area contributed by atoms with E-state index in [0.29, 0.717) is 35.3 Å². The molecule has 0 spiro atoms. The second-order valence-corrected chi connectivity index (χ2v) is 8.62. The smallest absolute Gasteiger partial charge is 0.290 e. The van der Waals surface area contributed by atoms with Gasteiger partial charge in [-0.2, -0.15) is 5.10 Å². The van der Waals surface area contributed by atoms with Gasteiger partial charge in [-0.3, -0.25) is 9.48 Å². The molecule has 0 bridgehead atoms. The maximum Gasteiger partial charge on any atom is 0.290 e. The molecule has 180 valence electrons. The highest BCUT2D eigenvalue weighted by atomic mass is 19.3. The number of rotatable bonds is 6. The molecule has 1 aliphatic rings. The van der Waals surface area contributed by atoms with Crippen molar-refractivity contribution in [3.05, 3.63) is 71.4 Å². The van der Waals surface area contributed by atoms with Gasteiger partial charge >= 0.3 is 0 Å². The number of aryl methyl sites for hydroxylation is 2. The second kappa shape index (κ2) is 8.90. The zero-order valence-electron chi connectivity index (χ0n) is 19.5. The number of carbonyl (C=O) groups excluding carboxylic acids is 1. The van der Waals surface area contributed by atoms with Gasteiger partial charge < -0.3 is 14.8 Å². The number of carbonyl (C=O) groups is 1. The van der Waals surface area contributed by atoms with Crippen molar-refractivity contribution in [1.82, 2.24) is 34.2 Å². The molecule has 11 heteroatoms. The third-order valence-electron chi connectivity index (χ3n) is 6.05. The zero-order valence-corrected chi connectivity index (χ0v) is 19.5. The molecule has 1 aromatic carbocycles. The molecule has 0 fully saturated rings. The van der Waals surface area contributed by atoms with E-state index >= 15 is 0 Å². The van der Waals surface area contributed by atoms with Crippen LogP contribution in [-0.4, -0.2) is 46.1 Å². The number of nitrogens with one attached hydrogen (secondary N) is 1. The van der Waals surface area contributed by atoms with Crippen LogP contribution in [0.25, 0.3) is 11.4 Å². The summed E-state index contributed by atoms with van der Waals surface area (Å²) in [6.45, 7) is 4.58. The molecule has 0 saturated carbocycles. The van der Waals surface area contributed by atoms with Crippen LogP contribution in [-0.2, 0) is 20.1 Å². The van der Waals surface area contributed by atoms with E-state index < -0.39 is 6.43 Å². The monoisotopic (exact) mass is 478 g/mol. The Morgan fingerprint density at radius 3 is 2.80 bits per heavy atom. The molecular formula is C24H24F2N8O. The number of hydrogen-bond acceptors (Lipinski definition) is 6. The first kappa shape index (κ1) is 22.6. The molecule has 3 aromatic heterocycles. The van der Waals surface area contributed by atoms with Crippen molar-refractivity contribution >= 4 is 17.7 Å². The van der Waals surface area contributed by atoms with Gasteiger partial charge in [0.2, 0.25) is 5.95 Å². The molecule has 1 unspecified atom stereocenters. The Labute approximate surface area is 200 Å². The predicted molar refractivity (Wildman–Crippen MR) is 125 cm³/mol. The number of anilines is 2. The lowest BCUT2D eigenvalue weighted by Gasteiger charge is -2.33. The van der Waals surface area contributed by atoms with Crippen LogP contribution in [0, 0.1) is 6.92 Å². The first-order valence-corrected chi connectivity index (χ1v) is 11.1. The Bertz CT molecular complexity index is 1400. The SMILES string of the molecule is Cc1cnc(Nc2ccnn2C)nc1-c1cn2c(n1)C(=O)N(Cc1cccc(C(F)F)c1)C(C)C2. The molecule has 1 N–H and O–H groups in total. The Morgan fingerprint density at radius 1 is 1.23 bits per heavy atom. The first-order valence-electron chi connectivity index (χ1n) is 11.1. The fourth-order valence-electron chi connectivity index (χ4n) is 4.18. The molecule has 0 radical (unpaired) electrons. The van der Waals surface area contributed by atoms with E-state index in [1.165, 1.54) is 12.1 Å². The minimum atomic E-state index is -2.56. The van der Waals surface area contributed by atoms with Gasteiger partial charge in [-0.1, -0.05) is 18.2 Å². The molecule has 35 heavy (non-hydrogen) atoms. The molecule has 4 heterocycles. The van der Waals surface area contributed by atoms with E-state index in [1.54, 1.807) is 34.1 Å². The van der Waals surface area contributed by atoms with Crippen molar-refractivity contribution in [2.45, 2.75) is 39.4 Å². The molecule has 5 rings (SSSR count). The van der Waals surface area contributed by atoms with Gasteiger partial charge in [0.1, 0.15) is 11.5 Å². The highest BCUT2D eigenvalue weighted by Gasteiger charge is 2.32. The minimum Gasteiger partial charge on any atom is -0.327 e. The molecule has 0 saturated heterocycles. The van der Waals surface area contributed by atoms with E-state index in [-0.39, 0.29) is 24.1 Å². The van der Waals surface area contributed by atoms with Crippen molar-refractivity contribution in [3.63, 3.8) is 0 Å². The van der Waals surface area contributed by atoms with Crippen LogP contribution in [0.1, 0.15) is 40.7 Å². The van der Waals surface area contributed by atoms with Crippen LogP contribution in [0.4, 0.5) is 20.5 Å². The quantitative estimate of drug-likeness (QED) is 0.448. The lowest BCUT2D eigenvalue weighted by molar-refractivity contribution is 0.0587. The molecular weight excluding hydrogens is 454 g/mol. The summed E-state index contributed by atoms with van der Waals surface area (Å²) in [5.74, 6) is 1.17. The number of fused-ring (bicyclic) bond motifs is 1. The Kier molecular flexibility index (Phi) is 5.75. The first-order chi connectivity index (χ1) is 16.8. The fourth-order valence-corrected chi connectivity index (χ4v) is 4.18. The molecule has 0 aliphatic carbocycles.